The third-order valence-electron chi connectivity index (χ3n) is 3.60. The van der Waals surface area contributed by atoms with Gasteiger partial charge in [0.2, 0.25) is 0 Å². The molecule has 0 radical (unpaired) electrons. The zero-order chi connectivity index (χ0) is 13.1. The second kappa shape index (κ2) is 7.27. The first-order valence-corrected chi connectivity index (χ1v) is 7.13. The number of nitrogens with zero attached hydrogens (tertiary/aromatic N) is 1. The highest BCUT2D eigenvalue weighted by Crippen LogP contribution is 2.20. The summed E-state index contributed by atoms with van der Waals surface area (Å²) < 4.78 is 0.993. The summed E-state index contributed by atoms with van der Waals surface area (Å²) in [6.45, 7) is 4.02. The van der Waals surface area contributed by atoms with E-state index < -0.39 is 0 Å². The van der Waals surface area contributed by atoms with E-state index in [4.69, 9.17) is 0 Å². The molecule has 0 unspecified atom stereocenters. The Morgan fingerprint density at radius 2 is 2.00 bits per heavy atom. The maximum absolute atomic E-state index is 12.4. The lowest BCUT2D eigenvalue weighted by molar-refractivity contribution is 0.0703. The molecule has 1 amide bonds. The number of carbonyl (C=O) groups is 1. The molecule has 1 N–H and O–H groups in total. The van der Waals surface area contributed by atoms with E-state index in [0.29, 0.717) is 6.04 Å². The van der Waals surface area contributed by atoms with Crippen LogP contribution in [0.1, 0.15) is 28.8 Å². The molecule has 1 aliphatic heterocycles. The molecule has 1 fully saturated rings. The van der Waals surface area contributed by atoms with Crippen LogP contribution in [0, 0.1) is 6.92 Å². The van der Waals surface area contributed by atoms with Gasteiger partial charge in [-0.05, 0) is 50.6 Å². The monoisotopic (exact) mass is 346 g/mol. The van der Waals surface area contributed by atoms with Crippen molar-refractivity contribution in [1.82, 2.24) is 10.2 Å². The van der Waals surface area contributed by atoms with Crippen LogP contribution in [0.25, 0.3) is 0 Å². The Morgan fingerprint density at radius 3 is 2.58 bits per heavy atom. The molecule has 0 spiro atoms. The molecule has 3 nitrogen and oxygen atoms in total. The van der Waals surface area contributed by atoms with Gasteiger partial charge in [0.15, 0.2) is 0 Å². The molecule has 0 aliphatic carbocycles. The van der Waals surface area contributed by atoms with Crippen LogP contribution in [0.2, 0.25) is 0 Å². The van der Waals surface area contributed by atoms with Gasteiger partial charge in [-0.15, -0.1) is 12.4 Å². The highest BCUT2D eigenvalue weighted by molar-refractivity contribution is 9.10. The number of amides is 1. The van der Waals surface area contributed by atoms with E-state index in [2.05, 4.69) is 21.2 Å². The standard InChI is InChI=1S/C14H19BrN2O.ClH/c1-10-3-4-11(9-13(10)15)14(18)17(2)12-5-7-16-8-6-12;/h3-4,9,12,16H,5-8H2,1-2H3;1H. The van der Waals surface area contributed by atoms with Crippen LogP contribution in [-0.4, -0.2) is 37.0 Å². The summed E-state index contributed by atoms with van der Waals surface area (Å²) >= 11 is 3.48. The van der Waals surface area contributed by atoms with E-state index in [-0.39, 0.29) is 18.3 Å². The van der Waals surface area contributed by atoms with Gasteiger partial charge in [0.1, 0.15) is 0 Å². The third-order valence-corrected chi connectivity index (χ3v) is 4.45. The lowest BCUT2D eigenvalue weighted by Crippen LogP contribution is -2.43. The van der Waals surface area contributed by atoms with Gasteiger partial charge >= 0.3 is 0 Å². The predicted molar refractivity (Wildman–Crippen MR) is 84.1 cm³/mol. The average Bonchev–Trinajstić information content (AvgIpc) is 2.41. The molecule has 1 saturated heterocycles. The fourth-order valence-corrected chi connectivity index (χ4v) is 2.67. The van der Waals surface area contributed by atoms with Crippen LogP contribution in [0.3, 0.4) is 0 Å². The molecule has 0 atom stereocenters. The summed E-state index contributed by atoms with van der Waals surface area (Å²) in [4.78, 5) is 14.3. The van der Waals surface area contributed by atoms with E-state index in [1.54, 1.807) is 0 Å². The average molecular weight is 348 g/mol. The van der Waals surface area contributed by atoms with Gasteiger partial charge < -0.3 is 10.2 Å². The number of hydrogen-bond acceptors (Lipinski definition) is 2. The van der Waals surface area contributed by atoms with Crippen LogP contribution in [0.4, 0.5) is 0 Å². The second-order valence-electron chi connectivity index (χ2n) is 4.86. The zero-order valence-corrected chi connectivity index (χ0v) is 13.7. The van der Waals surface area contributed by atoms with Crippen LogP contribution in [0.5, 0.6) is 0 Å². The van der Waals surface area contributed by atoms with Crippen molar-refractivity contribution in [2.24, 2.45) is 0 Å². The number of carbonyl (C=O) groups excluding carboxylic acids is 1. The normalized spacial score (nSPS) is 15.7. The molecule has 1 aliphatic rings. The third kappa shape index (κ3) is 3.94. The fourth-order valence-electron chi connectivity index (χ4n) is 2.29. The number of halogens is 2. The predicted octanol–water partition coefficient (Wildman–Crippen LogP) is 3.00. The molecule has 1 aromatic carbocycles. The SMILES string of the molecule is Cc1ccc(C(=O)N(C)C2CCNCC2)cc1Br.Cl. The Kier molecular flexibility index (Phi) is 6.30. The Morgan fingerprint density at radius 1 is 1.37 bits per heavy atom. The van der Waals surface area contributed by atoms with E-state index in [1.807, 2.05) is 37.1 Å². The molecule has 1 aromatic rings. The highest BCUT2D eigenvalue weighted by Gasteiger charge is 2.22. The Hall–Kier alpha value is -0.580. The van der Waals surface area contributed by atoms with Gasteiger partial charge in [-0.25, -0.2) is 0 Å². The minimum atomic E-state index is 0. The maximum atomic E-state index is 12.4. The number of hydrogen-bond donors (Lipinski definition) is 1. The van der Waals surface area contributed by atoms with Gasteiger partial charge in [-0.1, -0.05) is 22.0 Å². The van der Waals surface area contributed by atoms with Crippen molar-refractivity contribution in [2.75, 3.05) is 20.1 Å². The first-order valence-electron chi connectivity index (χ1n) is 6.33. The first kappa shape index (κ1) is 16.5. The van der Waals surface area contributed by atoms with Gasteiger partial charge in [-0.2, -0.15) is 0 Å². The quantitative estimate of drug-likeness (QED) is 0.892. The Bertz CT molecular complexity index is 447. The minimum Gasteiger partial charge on any atom is -0.339 e. The summed E-state index contributed by atoms with van der Waals surface area (Å²) in [6.07, 6.45) is 2.07. The molecule has 106 valence electrons. The van der Waals surface area contributed by atoms with Crippen LogP contribution < -0.4 is 5.32 Å². The van der Waals surface area contributed by atoms with Crippen LogP contribution in [-0.2, 0) is 0 Å². The second-order valence-corrected chi connectivity index (χ2v) is 5.72. The van der Waals surface area contributed by atoms with Crippen molar-refractivity contribution in [3.63, 3.8) is 0 Å². The first-order chi connectivity index (χ1) is 8.59. The highest BCUT2D eigenvalue weighted by atomic mass is 79.9. The van der Waals surface area contributed by atoms with Crippen molar-refractivity contribution in [2.45, 2.75) is 25.8 Å². The van der Waals surface area contributed by atoms with Crippen molar-refractivity contribution < 1.29 is 4.79 Å². The number of piperidine rings is 1. The smallest absolute Gasteiger partial charge is 0.253 e. The lowest BCUT2D eigenvalue weighted by atomic mass is 10.0. The largest absolute Gasteiger partial charge is 0.339 e. The zero-order valence-electron chi connectivity index (χ0n) is 11.3. The van der Waals surface area contributed by atoms with Crippen molar-refractivity contribution in [1.29, 1.82) is 0 Å². The number of aryl methyl sites for hydroxylation is 1. The van der Waals surface area contributed by atoms with Crippen LogP contribution in [0.15, 0.2) is 22.7 Å². The molecule has 2 rings (SSSR count). The number of benzene rings is 1. The summed E-state index contributed by atoms with van der Waals surface area (Å²) in [7, 11) is 1.91. The molecule has 0 saturated carbocycles. The van der Waals surface area contributed by atoms with Gasteiger partial charge in [0.25, 0.3) is 5.91 Å². The maximum Gasteiger partial charge on any atom is 0.253 e. The molecular formula is C14H20BrClN2O. The molecule has 0 bridgehead atoms. The van der Waals surface area contributed by atoms with E-state index >= 15 is 0 Å². The molecule has 19 heavy (non-hydrogen) atoms. The van der Waals surface area contributed by atoms with E-state index in [1.165, 1.54) is 0 Å². The molecule has 5 heteroatoms. The summed E-state index contributed by atoms with van der Waals surface area (Å²) in [5, 5.41) is 3.32. The van der Waals surface area contributed by atoms with Crippen LogP contribution >= 0.6 is 28.3 Å². The molecular weight excluding hydrogens is 328 g/mol. The van der Waals surface area contributed by atoms with Crippen molar-refractivity contribution in [3.8, 4) is 0 Å². The Labute approximate surface area is 129 Å². The van der Waals surface area contributed by atoms with Crippen molar-refractivity contribution >= 4 is 34.2 Å². The van der Waals surface area contributed by atoms with E-state index in [0.717, 1.165) is 41.5 Å². The van der Waals surface area contributed by atoms with E-state index in [9.17, 15) is 4.79 Å². The van der Waals surface area contributed by atoms with Gasteiger partial charge in [-0.3, -0.25) is 4.79 Å². The Balaban J connectivity index is 0.00000180. The van der Waals surface area contributed by atoms with Crippen molar-refractivity contribution in [3.05, 3.63) is 33.8 Å². The minimum absolute atomic E-state index is 0. The van der Waals surface area contributed by atoms with Gasteiger partial charge in [0.05, 0.1) is 0 Å². The lowest BCUT2D eigenvalue weighted by Gasteiger charge is -2.31. The topological polar surface area (TPSA) is 32.3 Å². The molecule has 0 aromatic heterocycles. The molecule has 1 heterocycles. The summed E-state index contributed by atoms with van der Waals surface area (Å²) in [5.74, 6) is 0.114. The number of nitrogens with one attached hydrogen (secondary N) is 1. The number of rotatable bonds is 2. The van der Waals surface area contributed by atoms with Gasteiger partial charge in [0, 0.05) is 23.1 Å². The summed E-state index contributed by atoms with van der Waals surface area (Å²) in [5.41, 5.74) is 1.91. The summed E-state index contributed by atoms with van der Waals surface area (Å²) in [6, 6.07) is 6.15. The fraction of sp³-hybridized carbons (Fsp3) is 0.500.